The first kappa shape index (κ1) is 9.47. The molecule has 6 heteroatoms. The van der Waals surface area contributed by atoms with E-state index in [1.807, 2.05) is 0 Å². The highest BCUT2D eigenvalue weighted by molar-refractivity contribution is 8.24. The summed E-state index contributed by atoms with van der Waals surface area (Å²) in [6.07, 6.45) is -0.159. The zero-order chi connectivity index (χ0) is 9.30. The molecule has 1 amide bonds. The van der Waals surface area contributed by atoms with Crippen LogP contribution in [0.1, 0.15) is 6.42 Å². The highest BCUT2D eigenvalue weighted by Crippen LogP contribution is 2.27. The van der Waals surface area contributed by atoms with Gasteiger partial charge in [0.1, 0.15) is 9.57 Å². The molecule has 0 aromatic carbocycles. The summed E-state index contributed by atoms with van der Waals surface area (Å²) in [5, 5.41) is 7.91. The molecule has 0 bridgehead atoms. The largest absolute Gasteiger partial charge is 0.481 e. The highest BCUT2D eigenvalue weighted by atomic mass is 32.2. The van der Waals surface area contributed by atoms with Crippen LogP contribution in [0.25, 0.3) is 0 Å². The van der Waals surface area contributed by atoms with Gasteiger partial charge in [-0.2, -0.15) is 0 Å². The van der Waals surface area contributed by atoms with Gasteiger partial charge in [-0.25, -0.2) is 0 Å². The molecule has 1 N–H and O–H groups in total. The van der Waals surface area contributed by atoms with Gasteiger partial charge in [-0.05, 0) is 0 Å². The normalized spacial score (nSPS) is 23.4. The lowest BCUT2D eigenvalue weighted by molar-refractivity contribution is -0.139. The van der Waals surface area contributed by atoms with E-state index in [4.69, 9.17) is 17.3 Å². The maximum absolute atomic E-state index is 11.2. The molecule has 0 radical (unpaired) electrons. The van der Waals surface area contributed by atoms with Gasteiger partial charge in [0.2, 0.25) is 5.91 Å². The van der Waals surface area contributed by atoms with Crippen LogP contribution in [0.5, 0.6) is 0 Å². The van der Waals surface area contributed by atoms with Crippen molar-refractivity contribution in [2.75, 3.05) is 7.05 Å². The maximum atomic E-state index is 11.2. The van der Waals surface area contributed by atoms with Crippen LogP contribution < -0.4 is 0 Å². The number of thioether (sulfide) groups is 1. The number of carboxylic acid groups (broad SMARTS) is 1. The summed E-state index contributed by atoms with van der Waals surface area (Å²) in [4.78, 5) is 22.8. The third-order valence-corrected chi connectivity index (χ3v) is 3.17. The van der Waals surface area contributed by atoms with Gasteiger partial charge in [0, 0.05) is 7.05 Å². The van der Waals surface area contributed by atoms with E-state index in [0.717, 1.165) is 11.8 Å². The minimum Gasteiger partial charge on any atom is -0.481 e. The van der Waals surface area contributed by atoms with Gasteiger partial charge in [0.15, 0.2) is 0 Å². The molecule has 0 aromatic rings. The van der Waals surface area contributed by atoms with Crippen molar-refractivity contribution in [1.82, 2.24) is 4.90 Å². The molecule has 0 spiro atoms. The van der Waals surface area contributed by atoms with E-state index in [-0.39, 0.29) is 12.3 Å². The maximum Gasteiger partial charge on any atom is 0.305 e. The lowest BCUT2D eigenvalue weighted by atomic mass is 10.3. The molecule has 1 aliphatic rings. The van der Waals surface area contributed by atoms with Crippen LogP contribution in [-0.2, 0) is 9.59 Å². The summed E-state index contributed by atoms with van der Waals surface area (Å²) in [5.74, 6) is -1.19. The van der Waals surface area contributed by atoms with E-state index >= 15 is 0 Å². The molecule has 1 heterocycles. The molecular weight excluding hydrogens is 198 g/mol. The second-order valence-electron chi connectivity index (χ2n) is 2.37. The van der Waals surface area contributed by atoms with Crippen molar-refractivity contribution in [2.45, 2.75) is 11.7 Å². The lowest BCUT2D eigenvalue weighted by Crippen LogP contribution is -2.28. The number of carbonyl (C=O) groups is 2. The van der Waals surface area contributed by atoms with E-state index in [9.17, 15) is 9.59 Å². The van der Waals surface area contributed by atoms with Crippen molar-refractivity contribution in [2.24, 2.45) is 0 Å². The fraction of sp³-hybridized carbons (Fsp3) is 0.500. The fourth-order valence-electron chi connectivity index (χ4n) is 0.845. The average molecular weight is 205 g/mol. The molecule has 0 aliphatic carbocycles. The van der Waals surface area contributed by atoms with Crippen LogP contribution >= 0.6 is 24.0 Å². The van der Waals surface area contributed by atoms with E-state index in [1.54, 1.807) is 7.05 Å². The van der Waals surface area contributed by atoms with Crippen LogP contribution in [-0.4, -0.2) is 38.5 Å². The summed E-state index contributed by atoms with van der Waals surface area (Å²) >= 11 is 5.96. The summed E-state index contributed by atoms with van der Waals surface area (Å²) in [5.41, 5.74) is 0. The number of nitrogens with zero attached hydrogens (tertiary/aromatic N) is 1. The monoisotopic (exact) mass is 205 g/mol. The number of thiocarbonyl (C=S) groups is 1. The topological polar surface area (TPSA) is 57.6 Å². The minimum atomic E-state index is -0.973. The molecule has 1 saturated heterocycles. The third kappa shape index (κ3) is 1.75. The molecule has 1 fully saturated rings. The van der Waals surface area contributed by atoms with Crippen LogP contribution in [0.3, 0.4) is 0 Å². The first-order valence-electron chi connectivity index (χ1n) is 3.22. The summed E-state index contributed by atoms with van der Waals surface area (Å²) < 4.78 is 0.450. The van der Waals surface area contributed by atoms with Crippen molar-refractivity contribution in [1.29, 1.82) is 0 Å². The van der Waals surface area contributed by atoms with Crippen molar-refractivity contribution in [3.05, 3.63) is 0 Å². The van der Waals surface area contributed by atoms with E-state index in [0.29, 0.717) is 4.32 Å². The Morgan fingerprint density at radius 3 is 2.75 bits per heavy atom. The Labute approximate surface area is 78.9 Å². The molecule has 0 aromatic heterocycles. The molecule has 1 atom stereocenters. The number of carbonyl (C=O) groups excluding carboxylic acids is 1. The molecule has 1 rings (SSSR count). The average Bonchev–Trinajstić information content (AvgIpc) is 2.17. The predicted molar refractivity (Wildman–Crippen MR) is 49.0 cm³/mol. The number of aliphatic carboxylic acids is 1. The summed E-state index contributed by atoms with van der Waals surface area (Å²) in [6, 6.07) is 0. The SMILES string of the molecule is CN1C(=O)C(CC(=O)O)SC1=S. The molecule has 1 aliphatic heterocycles. The van der Waals surface area contributed by atoms with Crippen LogP contribution in [0, 0.1) is 0 Å². The van der Waals surface area contributed by atoms with Gasteiger partial charge in [0.25, 0.3) is 0 Å². The summed E-state index contributed by atoms with van der Waals surface area (Å²) in [6.45, 7) is 0. The Balaban J connectivity index is 2.65. The number of hydrogen-bond donors (Lipinski definition) is 1. The third-order valence-electron chi connectivity index (χ3n) is 1.48. The second-order valence-corrected chi connectivity index (χ2v) is 4.20. The van der Waals surface area contributed by atoms with Gasteiger partial charge in [-0.1, -0.05) is 24.0 Å². The zero-order valence-electron chi connectivity index (χ0n) is 6.31. The standard InChI is InChI=1S/C6H7NO3S2/c1-7-5(10)3(2-4(8)9)12-6(7)11/h3H,2H2,1H3,(H,8,9). The van der Waals surface area contributed by atoms with Crippen molar-refractivity contribution in [3.63, 3.8) is 0 Å². The molecule has 4 nitrogen and oxygen atoms in total. The smallest absolute Gasteiger partial charge is 0.305 e. The summed E-state index contributed by atoms with van der Waals surface area (Å²) in [7, 11) is 1.56. The fourth-order valence-corrected chi connectivity index (χ4v) is 2.26. The number of carboxylic acids is 1. The van der Waals surface area contributed by atoms with Crippen LogP contribution in [0.15, 0.2) is 0 Å². The Hall–Kier alpha value is -0.620. The van der Waals surface area contributed by atoms with Crippen LogP contribution in [0.2, 0.25) is 0 Å². The molecule has 0 saturated carbocycles. The number of rotatable bonds is 2. The van der Waals surface area contributed by atoms with Crippen molar-refractivity contribution >= 4 is 40.2 Å². The molecular formula is C6H7NO3S2. The first-order valence-corrected chi connectivity index (χ1v) is 4.51. The van der Waals surface area contributed by atoms with Gasteiger partial charge < -0.3 is 5.11 Å². The first-order chi connectivity index (χ1) is 5.52. The van der Waals surface area contributed by atoms with E-state index in [1.165, 1.54) is 4.90 Å². The quantitative estimate of drug-likeness (QED) is 0.658. The second kappa shape index (κ2) is 3.40. The van der Waals surface area contributed by atoms with E-state index < -0.39 is 11.2 Å². The Kier molecular flexibility index (Phi) is 2.69. The minimum absolute atomic E-state index is 0.159. The van der Waals surface area contributed by atoms with Crippen molar-refractivity contribution < 1.29 is 14.7 Å². The number of hydrogen-bond acceptors (Lipinski definition) is 4. The lowest BCUT2D eigenvalue weighted by Gasteiger charge is -2.05. The highest BCUT2D eigenvalue weighted by Gasteiger charge is 2.35. The molecule has 12 heavy (non-hydrogen) atoms. The Morgan fingerprint density at radius 2 is 2.42 bits per heavy atom. The van der Waals surface area contributed by atoms with Gasteiger partial charge in [-0.15, -0.1) is 0 Å². The zero-order valence-corrected chi connectivity index (χ0v) is 7.94. The Morgan fingerprint density at radius 1 is 1.83 bits per heavy atom. The predicted octanol–water partition coefficient (Wildman–Crippen LogP) is 0.320. The molecule has 66 valence electrons. The molecule has 1 unspecified atom stereocenters. The van der Waals surface area contributed by atoms with Crippen molar-refractivity contribution in [3.8, 4) is 0 Å². The van der Waals surface area contributed by atoms with E-state index in [2.05, 4.69) is 0 Å². The van der Waals surface area contributed by atoms with Crippen LogP contribution in [0.4, 0.5) is 0 Å². The van der Waals surface area contributed by atoms with Gasteiger partial charge >= 0.3 is 5.97 Å². The van der Waals surface area contributed by atoms with Gasteiger partial charge in [-0.3, -0.25) is 14.5 Å². The Bertz CT molecular complexity index is 251. The number of amides is 1. The van der Waals surface area contributed by atoms with Gasteiger partial charge in [0.05, 0.1) is 6.42 Å².